The Kier molecular flexibility index (Phi) is 14.8. The highest BCUT2D eigenvalue weighted by molar-refractivity contribution is 7.33. The van der Waals surface area contributed by atoms with Crippen LogP contribution >= 0.6 is 8.25 Å². The fourth-order valence-corrected chi connectivity index (χ4v) is 2.00. The molecule has 0 aliphatic heterocycles. The van der Waals surface area contributed by atoms with Gasteiger partial charge in [-0.1, -0.05) is 24.3 Å². The molecule has 0 saturated carbocycles. The molecule has 0 heterocycles. The average molecular weight is 294 g/mol. The summed E-state index contributed by atoms with van der Waals surface area (Å²) >= 11 is 0. The topological polar surface area (TPSA) is 35.5 Å². The van der Waals surface area contributed by atoms with Crippen molar-refractivity contribution in [3.05, 3.63) is 24.3 Å². The molecule has 4 heteroatoms. The number of hydrogen-bond acceptors (Lipinski definition) is 3. The van der Waals surface area contributed by atoms with Crippen LogP contribution < -0.4 is 0 Å². The molecule has 0 saturated heterocycles. The summed E-state index contributed by atoms with van der Waals surface area (Å²) in [6.07, 6.45) is 22.8. The summed E-state index contributed by atoms with van der Waals surface area (Å²) in [4.78, 5) is 0. The molecule has 0 amide bonds. The van der Waals surface area contributed by atoms with Crippen LogP contribution in [0, 0.1) is 24.7 Å². The predicted octanol–water partition coefficient (Wildman–Crippen LogP) is 4.13. The van der Waals surface area contributed by atoms with Crippen molar-refractivity contribution < 1.29 is 13.6 Å². The maximum absolute atomic E-state index is 11.4. The Morgan fingerprint density at radius 2 is 1.30 bits per heavy atom. The van der Waals surface area contributed by atoms with E-state index in [9.17, 15) is 4.57 Å². The minimum atomic E-state index is -2.35. The molecule has 0 unspecified atom stereocenters. The van der Waals surface area contributed by atoms with Gasteiger partial charge in [-0.3, -0.25) is 4.57 Å². The van der Waals surface area contributed by atoms with Crippen LogP contribution in [-0.2, 0) is 13.6 Å². The molecule has 0 bridgehead atoms. The van der Waals surface area contributed by atoms with Crippen LogP contribution in [0.25, 0.3) is 0 Å². The molecule has 0 radical (unpaired) electrons. The van der Waals surface area contributed by atoms with Crippen molar-refractivity contribution in [3.8, 4) is 24.7 Å². The zero-order valence-electron chi connectivity index (χ0n) is 11.8. The van der Waals surface area contributed by atoms with Crippen LogP contribution in [0.5, 0.6) is 0 Å². The van der Waals surface area contributed by atoms with E-state index in [1.165, 1.54) is 0 Å². The fourth-order valence-electron chi connectivity index (χ4n) is 1.29. The smallest absolute Gasteiger partial charge is 0.311 e. The van der Waals surface area contributed by atoms with Gasteiger partial charge in [-0.15, -0.1) is 24.7 Å². The Balaban J connectivity index is 3.34. The summed E-state index contributed by atoms with van der Waals surface area (Å²) in [6, 6.07) is 0. The Bertz CT molecular complexity index is 350. The number of hydrogen-bond donors (Lipinski definition) is 0. The lowest BCUT2D eigenvalue weighted by Crippen LogP contribution is -1.90. The second-order valence-corrected chi connectivity index (χ2v) is 5.07. The lowest BCUT2D eigenvalue weighted by molar-refractivity contribution is 0.222. The Hall–Kier alpha value is -1.25. The molecule has 20 heavy (non-hydrogen) atoms. The minimum Gasteiger partial charge on any atom is -0.311 e. The van der Waals surface area contributed by atoms with Crippen LogP contribution in [0.2, 0.25) is 0 Å². The third-order valence-electron chi connectivity index (χ3n) is 2.27. The Morgan fingerprint density at radius 3 is 1.70 bits per heavy atom. The lowest BCUT2D eigenvalue weighted by Gasteiger charge is -2.04. The van der Waals surface area contributed by atoms with Gasteiger partial charge >= 0.3 is 8.25 Å². The van der Waals surface area contributed by atoms with E-state index in [4.69, 9.17) is 21.9 Å². The highest BCUT2D eigenvalue weighted by Crippen LogP contribution is 2.24. The summed E-state index contributed by atoms with van der Waals surface area (Å²) < 4.78 is 21.6. The van der Waals surface area contributed by atoms with E-state index in [-0.39, 0.29) is 0 Å². The summed E-state index contributed by atoms with van der Waals surface area (Å²) in [5.74, 6) is 5.05. The molecule has 0 rings (SSSR count). The monoisotopic (exact) mass is 294 g/mol. The number of unbranched alkanes of at least 4 members (excludes halogenated alkanes) is 2. The number of rotatable bonds is 12. The highest BCUT2D eigenvalue weighted by Gasteiger charge is 1.98. The average Bonchev–Trinajstić information content (AvgIpc) is 2.45. The molecule has 0 aliphatic rings. The molecule has 0 aromatic carbocycles. The lowest BCUT2D eigenvalue weighted by atomic mass is 10.3. The molecule has 3 nitrogen and oxygen atoms in total. The molecular weight excluding hydrogens is 271 g/mol. The Labute approximate surface area is 123 Å². The molecule has 0 aromatic rings. The Morgan fingerprint density at radius 1 is 0.850 bits per heavy atom. The van der Waals surface area contributed by atoms with Gasteiger partial charge in [-0.2, -0.15) is 0 Å². The van der Waals surface area contributed by atoms with Crippen molar-refractivity contribution in [1.82, 2.24) is 0 Å². The first kappa shape index (κ1) is 18.8. The second-order valence-electron chi connectivity index (χ2n) is 3.99. The van der Waals surface area contributed by atoms with Gasteiger partial charge in [0.15, 0.2) is 0 Å². The molecule has 0 fully saturated rings. The van der Waals surface area contributed by atoms with Crippen molar-refractivity contribution in [2.45, 2.75) is 38.5 Å². The maximum Gasteiger partial charge on any atom is 0.319 e. The quantitative estimate of drug-likeness (QED) is 0.235. The zero-order valence-corrected chi connectivity index (χ0v) is 12.8. The maximum atomic E-state index is 11.4. The molecule has 0 N–H and O–H groups in total. The normalized spacial score (nSPS) is 12.5. The standard InChI is InChI=1S/C16H23O3P/c1-3-5-7-9-11-13-15-18-20(17)19-16-14-12-10-8-6-4-2/h1-2,7-10,20H,5-6,11-16H2. The van der Waals surface area contributed by atoms with Gasteiger partial charge < -0.3 is 9.05 Å². The van der Waals surface area contributed by atoms with E-state index in [2.05, 4.69) is 11.8 Å². The first-order valence-corrected chi connectivity index (χ1v) is 8.00. The van der Waals surface area contributed by atoms with Crippen LogP contribution in [-0.4, -0.2) is 13.2 Å². The number of allylic oxidation sites excluding steroid dienone is 4. The third kappa shape index (κ3) is 14.8. The largest absolute Gasteiger partial charge is 0.319 e. The van der Waals surface area contributed by atoms with Gasteiger partial charge in [0.05, 0.1) is 13.2 Å². The fraction of sp³-hybridized carbons (Fsp3) is 0.500. The zero-order chi connectivity index (χ0) is 14.9. The summed E-state index contributed by atoms with van der Waals surface area (Å²) in [6.45, 7) is 0.889. The van der Waals surface area contributed by atoms with E-state index in [1.54, 1.807) is 0 Å². The van der Waals surface area contributed by atoms with Gasteiger partial charge in [-0.25, -0.2) is 0 Å². The van der Waals surface area contributed by atoms with Crippen molar-refractivity contribution in [2.75, 3.05) is 13.2 Å². The third-order valence-corrected chi connectivity index (χ3v) is 3.15. The van der Waals surface area contributed by atoms with Crippen molar-refractivity contribution in [1.29, 1.82) is 0 Å². The van der Waals surface area contributed by atoms with Crippen LogP contribution in [0.1, 0.15) is 38.5 Å². The van der Waals surface area contributed by atoms with Gasteiger partial charge in [0.2, 0.25) is 0 Å². The molecular formula is C16H23O3P. The highest BCUT2D eigenvalue weighted by atomic mass is 31.1. The minimum absolute atomic E-state index is 0.445. The van der Waals surface area contributed by atoms with Gasteiger partial charge in [0.25, 0.3) is 0 Å². The summed E-state index contributed by atoms with van der Waals surface area (Å²) in [5.41, 5.74) is 0. The summed E-state index contributed by atoms with van der Waals surface area (Å²) in [5, 5.41) is 0. The van der Waals surface area contributed by atoms with Crippen molar-refractivity contribution in [2.24, 2.45) is 0 Å². The molecule has 0 aliphatic carbocycles. The van der Waals surface area contributed by atoms with Crippen LogP contribution in [0.4, 0.5) is 0 Å². The van der Waals surface area contributed by atoms with E-state index < -0.39 is 8.25 Å². The molecule has 0 aromatic heterocycles. The molecule has 110 valence electrons. The van der Waals surface area contributed by atoms with Gasteiger partial charge in [0, 0.05) is 12.8 Å². The first-order chi connectivity index (χ1) is 9.81. The van der Waals surface area contributed by atoms with E-state index >= 15 is 0 Å². The molecule has 0 spiro atoms. The van der Waals surface area contributed by atoms with Crippen LogP contribution in [0.15, 0.2) is 24.3 Å². The predicted molar refractivity (Wildman–Crippen MR) is 84.6 cm³/mol. The SMILES string of the molecule is C#CCC=CCCCO[PH](=O)OCCCC=CCC#C. The van der Waals surface area contributed by atoms with Crippen molar-refractivity contribution >= 4 is 8.25 Å². The number of terminal acetylenes is 2. The first-order valence-electron chi connectivity index (χ1n) is 6.77. The van der Waals surface area contributed by atoms with Crippen LogP contribution in [0.3, 0.4) is 0 Å². The second kappa shape index (κ2) is 15.8. The summed E-state index contributed by atoms with van der Waals surface area (Å²) in [7, 11) is -2.35. The van der Waals surface area contributed by atoms with E-state index in [0.29, 0.717) is 26.1 Å². The van der Waals surface area contributed by atoms with E-state index in [1.807, 2.05) is 24.3 Å². The van der Waals surface area contributed by atoms with Crippen molar-refractivity contribution in [3.63, 3.8) is 0 Å². The van der Waals surface area contributed by atoms with E-state index in [0.717, 1.165) is 25.7 Å². The van der Waals surface area contributed by atoms with Gasteiger partial charge in [0.1, 0.15) is 0 Å². The van der Waals surface area contributed by atoms with Gasteiger partial charge in [-0.05, 0) is 25.7 Å². The molecule has 0 atom stereocenters.